The van der Waals surface area contributed by atoms with Gasteiger partial charge in [0.25, 0.3) is 0 Å². The molecule has 0 radical (unpaired) electrons. The minimum atomic E-state index is -0.678. The molecule has 1 aromatic carbocycles. The predicted molar refractivity (Wildman–Crippen MR) is 69.1 cm³/mol. The SMILES string of the molecule is CC(NC(=O)OC(C)(C)C)c1cc(F)cc(F)c1.O=C=O. The van der Waals surface area contributed by atoms with Crippen LogP contribution < -0.4 is 5.32 Å². The summed E-state index contributed by atoms with van der Waals surface area (Å²) >= 11 is 0. The minimum absolute atomic E-state index is 0.250. The largest absolute Gasteiger partial charge is 0.444 e. The zero-order valence-electron chi connectivity index (χ0n) is 12.2. The van der Waals surface area contributed by atoms with Gasteiger partial charge in [0.1, 0.15) is 17.2 Å². The molecule has 1 amide bonds. The Hall–Kier alpha value is -2.27. The number of carbonyl (C=O) groups excluding carboxylic acids is 3. The summed E-state index contributed by atoms with van der Waals surface area (Å²) in [7, 11) is 0. The van der Waals surface area contributed by atoms with Crippen LogP contribution in [0.5, 0.6) is 0 Å². The van der Waals surface area contributed by atoms with E-state index in [0.29, 0.717) is 5.56 Å². The lowest BCUT2D eigenvalue weighted by Crippen LogP contribution is -2.34. The summed E-state index contributed by atoms with van der Waals surface area (Å²) in [6.07, 6.45) is -0.375. The number of halogens is 2. The lowest BCUT2D eigenvalue weighted by molar-refractivity contribution is -0.191. The van der Waals surface area contributed by atoms with E-state index < -0.39 is 29.4 Å². The Bertz CT molecular complexity index is 500. The third-order valence-corrected chi connectivity index (χ3v) is 2.12. The molecule has 0 spiro atoms. The second kappa shape index (κ2) is 8.11. The molecule has 5 nitrogen and oxygen atoms in total. The molecule has 7 heteroatoms. The third kappa shape index (κ3) is 8.49. The lowest BCUT2D eigenvalue weighted by atomic mass is 10.1. The van der Waals surface area contributed by atoms with Gasteiger partial charge in [0, 0.05) is 6.07 Å². The molecule has 1 atom stereocenters. The summed E-state index contributed by atoms with van der Waals surface area (Å²) in [4.78, 5) is 27.7. The van der Waals surface area contributed by atoms with Gasteiger partial charge >= 0.3 is 12.2 Å². The van der Waals surface area contributed by atoms with E-state index in [4.69, 9.17) is 14.3 Å². The first kappa shape index (κ1) is 18.7. The second-order valence-electron chi connectivity index (χ2n) is 5.15. The van der Waals surface area contributed by atoms with Gasteiger partial charge in [0.05, 0.1) is 6.04 Å². The van der Waals surface area contributed by atoms with Crippen molar-refractivity contribution in [3.63, 3.8) is 0 Å². The Morgan fingerprint density at radius 1 is 1.19 bits per heavy atom. The van der Waals surface area contributed by atoms with E-state index in [1.165, 1.54) is 12.1 Å². The van der Waals surface area contributed by atoms with Gasteiger partial charge < -0.3 is 10.1 Å². The molecule has 0 aromatic heterocycles. The van der Waals surface area contributed by atoms with Crippen LogP contribution in [0.15, 0.2) is 18.2 Å². The smallest absolute Gasteiger partial charge is 0.408 e. The minimum Gasteiger partial charge on any atom is -0.444 e. The molecule has 1 rings (SSSR count). The molecule has 116 valence electrons. The Balaban J connectivity index is 0.00000122. The number of amides is 1. The van der Waals surface area contributed by atoms with E-state index in [1.807, 2.05) is 0 Å². The molecular weight excluding hydrogens is 284 g/mol. The van der Waals surface area contributed by atoms with E-state index >= 15 is 0 Å². The average molecular weight is 301 g/mol. The molecule has 0 aliphatic rings. The molecule has 0 bridgehead atoms. The highest BCUT2D eigenvalue weighted by Gasteiger charge is 2.18. The Morgan fingerprint density at radius 2 is 1.62 bits per heavy atom. The predicted octanol–water partition coefficient (Wildman–Crippen LogP) is 2.97. The monoisotopic (exact) mass is 301 g/mol. The van der Waals surface area contributed by atoms with Crippen molar-refractivity contribution < 1.29 is 27.9 Å². The summed E-state index contributed by atoms with van der Waals surface area (Å²) in [5.74, 6) is -1.36. The van der Waals surface area contributed by atoms with Crippen LogP contribution in [0.1, 0.15) is 39.3 Å². The maximum absolute atomic E-state index is 13.0. The van der Waals surface area contributed by atoms with E-state index in [0.717, 1.165) is 6.07 Å². The fourth-order valence-electron chi connectivity index (χ4n) is 1.39. The maximum atomic E-state index is 13.0. The van der Waals surface area contributed by atoms with Crippen LogP contribution in [0.25, 0.3) is 0 Å². The number of carbonyl (C=O) groups is 1. The number of ether oxygens (including phenoxy) is 1. The summed E-state index contributed by atoms with van der Waals surface area (Å²) in [6, 6.07) is 2.59. The number of hydrogen-bond donors (Lipinski definition) is 1. The highest BCUT2D eigenvalue weighted by atomic mass is 19.1. The average Bonchev–Trinajstić information content (AvgIpc) is 2.25. The van der Waals surface area contributed by atoms with Gasteiger partial charge in [-0.2, -0.15) is 9.59 Å². The highest BCUT2D eigenvalue weighted by Crippen LogP contribution is 2.16. The quantitative estimate of drug-likeness (QED) is 0.911. The van der Waals surface area contributed by atoms with Gasteiger partial charge in [0.2, 0.25) is 0 Å². The molecule has 1 unspecified atom stereocenters. The van der Waals surface area contributed by atoms with Crippen LogP contribution in [0.2, 0.25) is 0 Å². The van der Waals surface area contributed by atoms with Crippen LogP contribution in [0, 0.1) is 11.6 Å². The summed E-state index contributed by atoms with van der Waals surface area (Å²) in [5.41, 5.74) is -0.268. The number of rotatable bonds is 2. The zero-order valence-corrected chi connectivity index (χ0v) is 12.2. The zero-order chi connectivity index (χ0) is 16.6. The highest BCUT2D eigenvalue weighted by molar-refractivity contribution is 5.68. The first-order valence-corrected chi connectivity index (χ1v) is 6.04. The normalized spacial score (nSPS) is 11.5. The van der Waals surface area contributed by atoms with Gasteiger partial charge in [-0.3, -0.25) is 0 Å². The van der Waals surface area contributed by atoms with E-state index in [-0.39, 0.29) is 6.15 Å². The van der Waals surface area contributed by atoms with Gasteiger partial charge in [-0.25, -0.2) is 13.6 Å². The molecule has 0 aliphatic heterocycles. The summed E-state index contributed by atoms with van der Waals surface area (Å²) in [5, 5.41) is 2.51. The van der Waals surface area contributed by atoms with Crippen molar-refractivity contribution in [1.82, 2.24) is 5.32 Å². The second-order valence-corrected chi connectivity index (χ2v) is 5.15. The Morgan fingerprint density at radius 3 is 2.00 bits per heavy atom. The van der Waals surface area contributed by atoms with Crippen LogP contribution >= 0.6 is 0 Å². The topological polar surface area (TPSA) is 72.5 Å². The maximum Gasteiger partial charge on any atom is 0.408 e. The lowest BCUT2D eigenvalue weighted by Gasteiger charge is -2.22. The first-order chi connectivity index (χ1) is 9.58. The number of alkyl carbamates (subject to hydrolysis) is 1. The molecule has 1 N–H and O–H groups in total. The van der Waals surface area contributed by atoms with Crippen molar-refractivity contribution in [2.24, 2.45) is 0 Å². The third-order valence-electron chi connectivity index (χ3n) is 2.12. The van der Waals surface area contributed by atoms with Crippen LogP contribution in [0.4, 0.5) is 13.6 Å². The van der Waals surface area contributed by atoms with Crippen molar-refractivity contribution in [3.05, 3.63) is 35.4 Å². The van der Waals surface area contributed by atoms with Crippen molar-refractivity contribution in [3.8, 4) is 0 Å². The number of nitrogens with one attached hydrogen (secondary N) is 1. The Kier molecular flexibility index (Phi) is 7.24. The molecule has 0 heterocycles. The van der Waals surface area contributed by atoms with Crippen molar-refractivity contribution >= 4 is 12.2 Å². The summed E-state index contributed by atoms with van der Waals surface area (Å²) < 4.78 is 31.1. The van der Waals surface area contributed by atoms with Crippen LogP contribution in [-0.2, 0) is 14.3 Å². The van der Waals surface area contributed by atoms with Crippen molar-refractivity contribution in [2.45, 2.75) is 39.3 Å². The van der Waals surface area contributed by atoms with Crippen LogP contribution in [0.3, 0.4) is 0 Å². The fraction of sp³-hybridized carbons (Fsp3) is 0.429. The van der Waals surface area contributed by atoms with Gasteiger partial charge in [-0.05, 0) is 45.4 Å². The molecule has 0 saturated carbocycles. The number of hydrogen-bond acceptors (Lipinski definition) is 4. The van der Waals surface area contributed by atoms with Gasteiger partial charge in [-0.15, -0.1) is 0 Å². The molecule has 21 heavy (non-hydrogen) atoms. The van der Waals surface area contributed by atoms with E-state index in [9.17, 15) is 13.6 Å². The summed E-state index contributed by atoms with van der Waals surface area (Å²) in [6.45, 7) is 6.83. The molecule has 0 fully saturated rings. The van der Waals surface area contributed by atoms with Gasteiger partial charge in [0.15, 0.2) is 0 Å². The number of benzene rings is 1. The molecule has 0 saturated heterocycles. The Labute approximate surface area is 121 Å². The van der Waals surface area contributed by atoms with Crippen LogP contribution in [-0.4, -0.2) is 17.8 Å². The molecule has 0 aliphatic carbocycles. The van der Waals surface area contributed by atoms with E-state index in [2.05, 4.69) is 5.32 Å². The molecular formula is C14H17F2NO4. The molecule has 1 aromatic rings. The van der Waals surface area contributed by atoms with E-state index in [1.54, 1.807) is 27.7 Å². The fourth-order valence-corrected chi connectivity index (χ4v) is 1.39. The standard InChI is InChI=1S/C13H17F2NO2.CO2/c1-8(16-12(17)18-13(2,3)4)9-5-10(14)7-11(15)6-9;2-1-3/h5-8H,1-4H3,(H,16,17);. The van der Waals surface area contributed by atoms with Gasteiger partial charge in [-0.1, -0.05) is 0 Å². The van der Waals surface area contributed by atoms with Crippen molar-refractivity contribution in [1.29, 1.82) is 0 Å². The first-order valence-electron chi connectivity index (χ1n) is 6.04. The van der Waals surface area contributed by atoms with Crippen molar-refractivity contribution in [2.75, 3.05) is 0 Å².